The van der Waals surface area contributed by atoms with Gasteiger partial charge in [-0.2, -0.15) is 0 Å². The molecule has 0 aliphatic rings. The maximum absolute atomic E-state index is 12.3. The van der Waals surface area contributed by atoms with Gasteiger partial charge >= 0.3 is 5.97 Å². The van der Waals surface area contributed by atoms with Gasteiger partial charge in [-0.25, -0.2) is 4.79 Å². The van der Waals surface area contributed by atoms with E-state index >= 15 is 0 Å². The van der Waals surface area contributed by atoms with Crippen molar-refractivity contribution in [3.8, 4) is 0 Å². The molecule has 0 spiro atoms. The van der Waals surface area contributed by atoms with Gasteiger partial charge in [0.2, 0.25) is 0 Å². The van der Waals surface area contributed by atoms with Gasteiger partial charge in [0.25, 0.3) is 0 Å². The fourth-order valence-electron chi connectivity index (χ4n) is 1.80. The Morgan fingerprint density at radius 2 is 1.37 bits per heavy atom. The van der Waals surface area contributed by atoms with Gasteiger partial charge in [-0.1, -0.05) is 55.1 Å². The molecular weight excluding hydrogens is 240 g/mol. The number of benzene rings is 2. The van der Waals surface area contributed by atoms with Crippen molar-refractivity contribution < 1.29 is 14.7 Å². The molecule has 0 amide bonds. The van der Waals surface area contributed by atoms with E-state index in [1.807, 2.05) is 6.07 Å². The third-order valence-corrected chi connectivity index (χ3v) is 2.80. The van der Waals surface area contributed by atoms with Crippen LogP contribution in [-0.2, 0) is 0 Å². The van der Waals surface area contributed by atoms with E-state index in [1.165, 1.54) is 12.1 Å². The summed E-state index contributed by atoms with van der Waals surface area (Å²) in [7, 11) is 0. The maximum Gasteiger partial charge on any atom is 0.336 e. The number of allylic oxidation sites excluding steroid dienone is 1. The Morgan fingerprint density at radius 3 is 1.95 bits per heavy atom. The van der Waals surface area contributed by atoms with E-state index in [2.05, 4.69) is 6.58 Å². The fraction of sp³-hybridized carbons (Fsp3) is 0. The third-order valence-electron chi connectivity index (χ3n) is 2.80. The zero-order chi connectivity index (χ0) is 13.8. The average Bonchev–Trinajstić information content (AvgIpc) is 2.46. The number of hydrogen-bond donors (Lipinski definition) is 1. The molecule has 19 heavy (non-hydrogen) atoms. The van der Waals surface area contributed by atoms with Crippen LogP contribution in [0.15, 0.2) is 61.2 Å². The first kappa shape index (κ1) is 12.8. The molecule has 0 aromatic heterocycles. The number of rotatable bonds is 4. The van der Waals surface area contributed by atoms with Gasteiger partial charge in [0.05, 0.1) is 5.56 Å². The van der Waals surface area contributed by atoms with Crippen molar-refractivity contribution in [3.63, 3.8) is 0 Å². The Morgan fingerprint density at radius 1 is 0.842 bits per heavy atom. The van der Waals surface area contributed by atoms with Crippen LogP contribution in [0, 0.1) is 0 Å². The number of carbonyl (C=O) groups is 2. The van der Waals surface area contributed by atoms with Crippen LogP contribution in [0.1, 0.15) is 26.3 Å². The lowest BCUT2D eigenvalue weighted by atomic mass is 9.95. The molecule has 0 radical (unpaired) electrons. The molecule has 0 bridgehead atoms. The van der Waals surface area contributed by atoms with Crippen molar-refractivity contribution in [2.45, 2.75) is 0 Å². The quantitative estimate of drug-likeness (QED) is 0.671. The standard InChI is InChI=1S/C16H12O3/c1-11(12-7-3-2-4-8-12)15(17)13-9-5-6-10-14(13)16(18)19/h2-10H,1H2,(H,18,19). The Labute approximate surface area is 110 Å². The summed E-state index contributed by atoms with van der Waals surface area (Å²) in [6, 6.07) is 15.1. The predicted molar refractivity (Wildman–Crippen MR) is 73.2 cm³/mol. The summed E-state index contributed by atoms with van der Waals surface area (Å²) in [6.07, 6.45) is 0. The Kier molecular flexibility index (Phi) is 3.57. The zero-order valence-electron chi connectivity index (χ0n) is 10.2. The van der Waals surface area contributed by atoms with Crippen LogP contribution in [0.2, 0.25) is 0 Å². The van der Waals surface area contributed by atoms with Crippen LogP contribution in [-0.4, -0.2) is 16.9 Å². The van der Waals surface area contributed by atoms with Gasteiger partial charge in [0, 0.05) is 11.1 Å². The number of Topliss-reactive ketones (excluding diaryl/α,β-unsaturated/α-hetero) is 1. The molecule has 0 saturated heterocycles. The van der Waals surface area contributed by atoms with Crippen LogP contribution in [0.3, 0.4) is 0 Å². The van der Waals surface area contributed by atoms with E-state index in [9.17, 15) is 9.59 Å². The summed E-state index contributed by atoms with van der Waals surface area (Å²) in [5.41, 5.74) is 1.12. The molecule has 3 heteroatoms. The molecule has 0 aliphatic heterocycles. The van der Waals surface area contributed by atoms with E-state index in [0.717, 1.165) is 0 Å². The molecule has 0 saturated carbocycles. The molecule has 1 N–H and O–H groups in total. The molecule has 0 atom stereocenters. The molecule has 3 nitrogen and oxygen atoms in total. The van der Waals surface area contributed by atoms with Crippen molar-refractivity contribution in [1.82, 2.24) is 0 Å². The highest BCUT2D eigenvalue weighted by Gasteiger charge is 2.18. The van der Waals surface area contributed by atoms with E-state index in [1.54, 1.807) is 36.4 Å². The molecular formula is C16H12O3. The second-order valence-corrected chi connectivity index (χ2v) is 4.02. The predicted octanol–water partition coefficient (Wildman–Crippen LogP) is 3.28. The smallest absolute Gasteiger partial charge is 0.336 e. The van der Waals surface area contributed by atoms with E-state index in [-0.39, 0.29) is 22.5 Å². The highest BCUT2D eigenvalue weighted by atomic mass is 16.4. The number of hydrogen-bond acceptors (Lipinski definition) is 2. The number of ketones is 1. The van der Waals surface area contributed by atoms with Gasteiger partial charge in [-0.15, -0.1) is 0 Å². The fourth-order valence-corrected chi connectivity index (χ4v) is 1.80. The van der Waals surface area contributed by atoms with Crippen LogP contribution >= 0.6 is 0 Å². The number of carbonyl (C=O) groups excluding carboxylic acids is 1. The zero-order valence-corrected chi connectivity index (χ0v) is 10.2. The molecule has 2 rings (SSSR count). The number of carboxylic acids is 1. The van der Waals surface area contributed by atoms with Crippen LogP contribution in [0.25, 0.3) is 5.57 Å². The first-order valence-electron chi connectivity index (χ1n) is 5.72. The largest absolute Gasteiger partial charge is 0.478 e. The maximum atomic E-state index is 12.3. The first-order chi connectivity index (χ1) is 9.11. The van der Waals surface area contributed by atoms with E-state index in [4.69, 9.17) is 5.11 Å². The second kappa shape index (κ2) is 5.31. The van der Waals surface area contributed by atoms with E-state index in [0.29, 0.717) is 5.56 Å². The normalized spacial score (nSPS) is 9.89. The molecule has 0 aliphatic carbocycles. The SMILES string of the molecule is C=C(C(=O)c1ccccc1C(=O)O)c1ccccc1. The second-order valence-electron chi connectivity index (χ2n) is 4.02. The van der Waals surface area contributed by atoms with Crippen molar-refractivity contribution in [2.24, 2.45) is 0 Å². The lowest BCUT2D eigenvalue weighted by Gasteiger charge is -2.07. The molecule has 94 valence electrons. The molecule has 2 aromatic rings. The van der Waals surface area contributed by atoms with Gasteiger partial charge in [0.15, 0.2) is 5.78 Å². The summed E-state index contributed by atoms with van der Waals surface area (Å²) in [4.78, 5) is 23.4. The minimum absolute atomic E-state index is 0.00965. The van der Waals surface area contributed by atoms with Gasteiger partial charge in [0.1, 0.15) is 0 Å². The van der Waals surface area contributed by atoms with Crippen molar-refractivity contribution in [3.05, 3.63) is 77.9 Å². The van der Waals surface area contributed by atoms with Crippen LogP contribution in [0.5, 0.6) is 0 Å². The number of aromatic carboxylic acids is 1. The van der Waals surface area contributed by atoms with Crippen LogP contribution < -0.4 is 0 Å². The molecule has 0 unspecified atom stereocenters. The van der Waals surface area contributed by atoms with Gasteiger partial charge in [-0.05, 0) is 11.6 Å². The lowest BCUT2D eigenvalue weighted by molar-refractivity contribution is 0.0693. The summed E-state index contributed by atoms with van der Waals surface area (Å²) < 4.78 is 0. The Balaban J connectivity index is 2.41. The first-order valence-corrected chi connectivity index (χ1v) is 5.72. The van der Waals surface area contributed by atoms with Crippen molar-refractivity contribution in [2.75, 3.05) is 0 Å². The van der Waals surface area contributed by atoms with Crippen molar-refractivity contribution in [1.29, 1.82) is 0 Å². The topological polar surface area (TPSA) is 54.4 Å². The lowest BCUT2D eigenvalue weighted by Crippen LogP contribution is -2.09. The van der Waals surface area contributed by atoms with Gasteiger partial charge in [-0.3, -0.25) is 4.79 Å². The van der Waals surface area contributed by atoms with Crippen LogP contribution in [0.4, 0.5) is 0 Å². The minimum Gasteiger partial charge on any atom is -0.478 e. The summed E-state index contributed by atoms with van der Waals surface area (Å²) in [5, 5.41) is 9.08. The monoisotopic (exact) mass is 252 g/mol. The van der Waals surface area contributed by atoms with Gasteiger partial charge < -0.3 is 5.11 Å². The summed E-state index contributed by atoms with van der Waals surface area (Å²) >= 11 is 0. The van der Waals surface area contributed by atoms with E-state index < -0.39 is 5.97 Å². The summed E-state index contributed by atoms with van der Waals surface area (Å²) in [5.74, 6) is -1.49. The van der Waals surface area contributed by atoms with Crippen molar-refractivity contribution >= 4 is 17.3 Å². The summed E-state index contributed by atoms with van der Waals surface area (Å²) in [6.45, 7) is 3.76. The average molecular weight is 252 g/mol. The number of carboxylic acid groups (broad SMARTS) is 1. The third kappa shape index (κ3) is 2.60. The highest BCUT2D eigenvalue weighted by Crippen LogP contribution is 2.20. The molecule has 2 aromatic carbocycles. The molecule has 0 fully saturated rings. The Bertz CT molecular complexity index is 642. The highest BCUT2D eigenvalue weighted by molar-refractivity contribution is 6.30. The Hall–Kier alpha value is -2.68. The molecule has 0 heterocycles. The minimum atomic E-state index is -1.12.